The van der Waals surface area contributed by atoms with Gasteiger partial charge in [0, 0.05) is 13.1 Å². The molecule has 0 unspecified atom stereocenters. The summed E-state index contributed by atoms with van der Waals surface area (Å²) in [6.07, 6.45) is 0.715. The number of hydrogen-bond acceptors (Lipinski definition) is 5. The van der Waals surface area contributed by atoms with Gasteiger partial charge in [0.15, 0.2) is 14.8 Å². The summed E-state index contributed by atoms with van der Waals surface area (Å²) < 4.78 is 39.5. The molecule has 0 atom stereocenters. The van der Waals surface area contributed by atoms with Gasteiger partial charge in [0.05, 0.1) is 20.4 Å². The molecule has 1 aliphatic heterocycles. The fraction of sp³-hybridized carbons (Fsp3) is 0.263. The van der Waals surface area contributed by atoms with Gasteiger partial charge < -0.3 is 4.90 Å². The number of carbonyl (C=O) groups excluding carboxylic acids is 1. The Kier molecular flexibility index (Phi) is 4.69. The number of nitrogens with zero attached hydrogens (tertiary/aromatic N) is 2. The van der Waals surface area contributed by atoms with Gasteiger partial charge in [-0.3, -0.25) is 4.79 Å². The first-order valence-corrected chi connectivity index (χ1v) is 11.0. The molecule has 5 nitrogen and oxygen atoms in total. The molecule has 0 saturated carbocycles. The molecule has 1 amide bonds. The molecule has 1 aliphatic rings. The number of fused-ring (bicyclic) bond motifs is 1. The Bertz CT molecular complexity index is 1050. The number of likely N-dealkylation sites (tertiary alicyclic amines) is 1. The Morgan fingerprint density at radius 3 is 2.41 bits per heavy atom. The lowest BCUT2D eigenvalue weighted by molar-refractivity contribution is 0.0725. The summed E-state index contributed by atoms with van der Waals surface area (Å²) in [4.78, 5) is 18.9. The number of amides is 1. The van der Waals surface area contributed by atoms with E-state index in [-0.39, 0.29) is 10.8 Å². The maximum Gasteiger partial charge on any atom is 0.282 e. The maximum absolute atomic E-state index is 13.1. The number of hydrogen-bond donors (Lipinski definition) is 0. The van der Waals surface area contributed by atoms with E-state index < -0.39 is 20.9 Å². The summed E-state index contributed by atoms with van der Waals surface area (Å²) in [6, 6.07) is 12.5. The van der Waals surface area contributed by atoms with Crippen molar-refractivity contribution in [1.82, 2.24) is 9.88 Å². The van der Waals surface area contributed by atoms with Crippen LogP contribution in [0.3, 0.4) is 0 Å². The summed E-state index contributed by atoms with van der Waals surface area (Å²) in [5.41, 5.74) is 0.791. The standard InChI is InChI=1S/C19H17FN2O3S2/c20-13-5-7-14(8-6-13)27(24,25)15-9-11-22(12-10-15)19(23)18-21-16-3-1-2-4-17(16)26-18/h1-8,15H,9-12H2. The minimum Gasteiger partial charge on any atom is -0.337 e. The quantitative estimate of drug-likeness (QED) is 0.627. The minimum absolute atomic E-state index is 0.125. The molecule has 0 radical (unpaired) electrons. The Morgan fingerprint density at radius 1 is 1.07 bits per heavy atom. The van der Waals surface area contributed by atoms with Crippen LogP contribution >= 0.6 is 11.3 Å². The highest BCUT2D eigenvalue weighted by molar-refractivity contribution is 7.92. The summed E-state index contributed by atoms with van der Waals surface area (Å²) in [5, 5.41) is -0.140. The van der Waals surface area contributed by atoms with E-state index in [2.05, 4.69) is 4.98 Å². The molecule has 0 N–H and O–H groups in total. The van der Waals surface area contributed by atoms with Gasteiger partial charge in [-0.2, -0.15) is 0 Å². The van der Waals surface area contributed by atoms with E-state index in [1.165, 1.54) is 23.5 Å². The number of piperidine rings is 1. The molecule has 140 valence electrons. The first-order chi connectivity index (χ1) is 12.9. The van der Waals surface area contributed by atoms with Gasteiger partial charge in [0.2, 0.25) is 0 Å². The van der Waals surface area contributed by atoms with Crippen LogP contribution in [0.5, 0.6) is 0 Å². The third-order valence-electron chi connectivity index (χ3n) is 4.79. The van der Waals surface area contributed by atoms with Crippen LogP contribution in [0.1, 0.15) is 22.6 Å². The number of aromatic nitrogens is 1. The fourth-order valence-electron chi connectivity index (χ4n) is 3.28. The lowest BCUT2D eigenvalue weighted by Gasteiger charge is -2.31. The van der Waals surface area contributed by atoms with Crippen molar-refractivity contribution in [3.63, 3.8) is 0 Å². The van der Waals surface area contributed by atoms with Crippen LogP contribution in [-0.2, 0) is 9.84 Å². The van der Waals surface area contributed by atoms with Gasteiger partial charge in [0.25, 0.3) is 5.91 Å². The number of thiazole rings is 1. The first-order valence-electron chi connectivity index (χ1n) is 8.59. The van der Waals surface area contributed by atoms with Gasteiger partial charge in [0.1, 0.15) is 5.82 Å². The number of sulfone groups is 1. The summed E-state index contributed by atoms with van der Waals surface area (Å²) >= 11 is 1.35. The number of halogens is 1. The topological polar surface area (TPSA) is 67.3 Å². The Hall–Kier alpha value is -2.32. The smallest absolute Gasteiger partial charge is 0.282 e. The monoisotopic (exact) mass is 404 g/mol. The highest BCUT2D eigenvalue weighted by atomic mass is 32.2. The van der Waals surface area contributed by atoms with Crippen LogP contribution in [0.2, 0.25) is 0 Å². The molecule has 2 aromatic carbocycles. The summed E-state index contributed by atoms with van der Waals surface area (Å²) in [6.45, 7) is 0.722. The van der Waals surface area contributed by atoms with E-state index in [0.717, 1.165) is 22.3 Å². The molecule has 1 fully saturated rings. The van der Waals surface area contributed by atoms with Crippen LogP contribution in [0.4, 0.5) is 4.39 Å². The van der Waals surface area contributed by atoms with Crippen LogP contribution in [-0.4, -0.2) is 42.5 Å². The second-order valence-electron chi connectivity index (χ2n) is 6.48. The molecular weight excluding hydrogens is 387 g/mol. The largest absolute Gasteiger partial charge is 0.337 e. The van der Waals surface area contributed by atoms with Crippen molar-refractivity contribution in [2.24, 2.45) is 0 Å². The molecule has 0 aliphatic carbocycles. The van der Waals surface area contributed by atoms with Gasteiger partial charge in [-0.25, -0.2) is 17.8 Å². The Labute approximate surface area is 160 Å². The first kappa shape index (κ1) is 18.1. The van der Waals surface area contributed by atoms with Crippen molar-refractivity contribution in [3.05, 3.63) is 59.4 Å². The number of benzene rings is 2. The molecule has 1 aromatic heterocycles. The second kappa shape index (κ2) is 7.01. The second-order valence-corrected chi connectivity index (χ2v) is 9.74. The number of para-hydroxylation sites is 1. The summed E-state index contributed by atoms with van der Waals surface area (Å²) in [7, 11) is -3.53. The predicted molar refractivity (Wildman–Crippen MR) is 102 cm³/mol. The molecule has 8 heteroatoms. The van der Waals surface area contributed by atoms with Gasteiger partial charge in [-0.1, -0.05) is 12.1 Å². The zero-order chi connectivity index (χ0) is 19.0. The molecule has 4 rings (SSSR count). The third-order valence-corrected chi connectivity index (χ3v) is 8.09. The number of rotatable bonds is 3. The average Bonchev–Trinajstić information content (AvgIpc) is 3.12. The van der Waals surface area contributed by atoms with E-state index in [0.29, 0.717) is 30.9 Å². The fourth-order valence-corrected chi connectivity index (χ4v) is 5.95. The molecular formula is C19H17FN2O3S2. The van der Waals surface area contributed by atoms with Gasteiger partial charge in [-0.15, -0.1) is 11.3 Å². The lowest BCUT2D eigenvalue weighted by atomic mass is 10.1. The molecule has 3 aromatic rings. The van der Waals surface area contributed by atoms with E-state index >= 15 is 0 Å². The Balaban J connectivity index is 1.46. The van der Waals surface area contributed by atoms with E-state index in [4.69, 9.17) is 0 Å². The number of carbonyl (C=O) groups is 1. The van der Waals surface area contributed by atoms with Crippen molar-refractivity contribution in [2.75, 3.05) is 13.1 Å². The van der Waals surface area contributed by atoms with Crippen molar-refractivity contribution in [1.29, 1.82) is 0 Å². The third kappa shape index (κ3) is 3.46. The normalized spacial score (nSPS) is 16.0. The van der Waals surface area contributed by atoms with Crippen molar-refractivity contribution in [2.45, 2.75) is 23.0 Å². The van der Waals surface area contributed by atoms with Crippen molar-refractivity contribution in [3.8, 4) is 0 Å². The highest BCUT2D eigenvalue weighted by Gasteiger charge is 2.33. The highest BCUT2D eigenvalue weighted by Crippen LogP contribution is 2.27. The van der Waals surface area contributed by atoms with E-state index in [9.17, 15) is 17.6 Å². The average molecular weight is 404 g/mol. The van der Waals surface area contributed by atoms with Gasteiger partial charge in [-0.05, 0) is 49.2 Å². The van der Waals surface area contributed by atoms with Gasteiger partial charge >= 0.3 is 0 Å². The maximum atomic E-state index is 13.1. The molecule has 0 bridgehead atoms. The van der Waals surface area contributed by atoms with Crippen LogP contribution < -0.4 is 0 Å². The Morgan fingerprint density at radius 2 is 1.74 bits per heavy atom. The minimum atomic E-state index is -3.53. The molecule has 2 heterocycles. The zero-order valence-corrected chi connectivity index (χ0v) is 16.0. The lowest BCUT2D eigenvalue weighted by Crippen LogP contribution is -2.42. The van der Waals surface area contributed by atoms with E-state index in [1.807, 2.05) is 24.3 Å². The van der Waals surface area contributed by atoms with Crippen LogP contribution in [0.25, 0.3) is 10.2 Å². The molecule has 0 spiro atoms. The molecule has 1 saturated heterocycles. The SMILES string of the molecule is O=C(c1nc2ccccc2s1)N1CCC(S(=O)(=O)c2ccc(F)cc2)CC1. The van der Waals surface area contributed by atoms with Crippen molar-refractivity contribution >= 4 is 37.3 Å². The predicted octanol–water partition coefficient (Wildman–Crippen LogP) is 3.51. The van der Waals surface area contributed by atoms with Crippen LogP contribution in [0.15, 0.2) is 53.4 Å². The van der Waals surface area contributed by atoms with E-state index in [1.54, 1.807) is 4.90 Å². The zero-order valence-electron chi connectivity index (χ0n) is 14.3. The summed E-state index contributed by atoms with van der Waals surface area (Å²) in [5.74, 6) is -0.626. The van der Waals surface area contributed by atoms with Crippen molar-refractivity contribution < 1.29 is 17.6 Å². The van der Waals surface area contributed by atoms with Crippen LogP contribution in [0, 0.1) is 5.82 Å². The molecule has 27 heavy (non-hydrogen) atoms.